The van der Waals surface area contributed by atoms with Gasteiger partial charge in [-0.2, -0.15) is 0 Å². The molecule has 1 spiro atoms. The Morgan fingerprint density at radius 3 is 2.67 bits per heavy atom. The molecule has 1 aromatic rings. The predicted molar refractivity (Wildman–Crippen MR) is 124 cm³/mol. The number of carboxylic acid groups (broad SMARTS) is 1. The molecule has 2 aliphatic heterocycles. The van der Waals surface area contributed by atoms with Crippen molar-refractivity contribution in [3.63, 3.8) is 0 Å². The SMILES string of the molecule is CC(C)C(=O)O[C@@H](CC(=O)O)C(=O)OC1=CC[C@@]2(O)[C@H]3Cc4ccc(CO)c5c4C2(CCN3C)C1O5. The van der Waals surface area contributed by atoms with E-state index in [9.17, 15) is 29.7 Å². The third-order valence-electron chi connectivity index (χ3n) is 8.20. The van der Waals surface area contributed by atoms with Gasteiger partial charge in [0.05, 0.1) is 30.0 Å². The minimum Gasteiger partial charge on any atom is -0.481 e. The lowest BCUT2D eigenvalue weighted by molar-refractivity contribution is -0.178. The smallest absolute Gasteiger partial charge is 0.353 e. The molecular weight excluding hydrogens is 470 g/mol. The molecule has 5 atom stereocenters. The molecule has 1 saturated heterocycles. The highest BCUT2D eigenvalue weighted by Crippen LogP contribution is 2.64. The molecule has 4 aliphatic rings. The first-order valence-corrected chi connectivity index (χ1v) is 12.2. The van der Waals surface area contributed by atoms with Crippen molar-refractivity contribution in [2.45, 2.75) is 75.4 Å². The zero-order valence-electron chi connectivity index (χ0n) is 20.5. The van der Waals surface area contributed by atoms with Crippen LogP contribution in [-0.2, 0) is 42.3 Å². The van der Waals surface area contributed by atoms with Gasteiger partial charge in [0.1, 0.15) is 11.5 Å². The molecule has 3 N–H and O–H groups in total. The first-order chi connectivity index (χ1) is 17.0. The number of aliphatic carboxylic acids is 1. The Kier molecular flexibility index (Phi) is 5.89. The van der Waals surface area contributed by atoms with Crippen molar-refractivity contribution in [3.05, 3.63) is 40.7 Å². The lowest BCUT2D eigenvalue weighted by Crippen LogP contribution is -2.74. The lowest BCUT2D eigenvalue weighted by Gasteiger charge is -2.61. The van der Waals surface area contributed by atoms with Crippen molar-refractivity contribution in [2.75, 3.05) is 13.6 Å². The minimum atomic E-state index is -1.62. The van der Waals surface area contributed by atoms with Crippen molar-refractivity contribution >= 4 is 17.9 Å². The molecule has 1 fully saturated rings. The summed E-state index contributed by atoms with van der Waals surface area (Å²) >= 11 is 0. The largest absolute Gasteiger partial charge is 0.481 e. The Labute approximate surface area is 208 Å². The Balaban J connectivity index is 1.54. The number of hydrogen-bond donors (Lipinski definition) is 3. The zero-order valence-corrected chi connectivity index (χ0v) is 20.5. The molecule has 10 heteroatoms. The number of benzene rings is 1. The van der Waals surface area contributed by atoms with Crippen LogP contribution in [0, 0.1) is 5.92 Å². The van der Waals surface area contributed by atoms with Crippen LogP contribution in [0.1, 0.15) is 49.8 Å². The summed E-state index contributed by atoms with van der Waals surface area (Å²) in [5.74, 6) is -2.95. The maximum absolute atomic E-state index is 13.1. The standard InChI is InChI=1S/C26H31NO9/c1-13(2)23(31)35-17(11-19(29)30)24(32)34-16-6-7-26(33)18-10-14-4-5-15(12-28)21-20(14)25(26,22(16)36-21)8-9-27(18)3/h4-6,13,17-18,22,28,33H,7-12H2,1-3H3,(H,29,30)/t17-,18+,22?,25?,26+/m0/s1. The lowest BCUT2D eigenvalue weighted by atomic mass is 9.50. The zero-order chi connectivity index (χ0) is 26.0. The van der Waals surface area contributed by atoms with Gasteiger partial charge in [-0.25, -0.2) is 4.79 Å². The van der Waals surface area contributed by atoms with E-state index in [1.807, 2.05) is 19.2 Å². The van der Waals surface area contributed by atoms with Crippen molar-refractivity contribution in [2.24, 2.45) is 5.92 Å². The van der Waals surface area contributed by atoms with Crippen molar-refractivity contribution in [1.29, 1.82) is 0 Å². The summed E-state index contributed by atoms with van der Waals surface area (Å²) in [7, 11) is 1.98. The Hall–Kier alpha value is -2.95. The summed E-state index contributed by atoms with van der Waals surface area (Å²) in [6.45, 7) is 3.59. The number of likely N-dealkylation sites (N-methyl/N-ethyl adjacent to an activating group) is 1. The molecular formula is C26H31NO9. The van der Waals surface area contributed by atoms with Gasteiger partial charge in [0.2, 0.25) is 6.10 Å². The van der Waals surface area contributed by atoms with Crippen LogP contribution in [0.5, 0.6) is 5.75 Å². The van der Waals surface area contributed by atoms with Crippen molar-refractivity contribution in [3.8, 4) is 5.75 Å². The first-order valence-electron chi connectivity index (χ1n) is 12.2. The van der Waals surface area contributed by atoms with Gasteiger partial charge in [0, 0.05) is 23.6 Å². The molecule has 0 saturated carbocycles. The van der Waals surface area contributed by atoms with Crippen LogP contribution >= 0.6 is 0 Å². The highest BCUT2D eigenvalue weighted by molar-refractivity contribution is 5.85. The van der Waals surface area contributed by atoms with Gasteiger partial charge in [-0.3, -0.25) is 9.59 Å². The van der Waals surface area contributed by atoms with Crippen molar-refractivity contribution < 1.29 is 43.9 Å². The fourth-order valence-corrected chi connectivity index (χ4v) is 6.42. The van der Waals surface area contributed by atoms with Crippen LogP contribution in [-0.4, -0.2) is 75.6 Å². The molecule has 2 aliphatic carbocycles. The number of hydrogen-bond acceptors (Lipinski definition) is 9. The number of esters is 2. The van der Waals surface area contributed by atoms with E-state index in [-0.39, 0.29) is 24.8 Å². The van der Waals surface area contributed by atoms with Crippen LogP contribution in [0.15, 0.2) is 24.0 Å². The third kappa shape index (κ3) is 3.38. The molecule has 2 heterocycles. The number of rotatable bonds is 7. The van der Waals surface area contributed by atoms with E-state index in [1.54, 1.807) is 19.9 Å². The second-order valence-electron chi connectivity index (χ2n) is 10.5. The maximum Gasteiger partial charge on any atom is 0.353 e. The van der Waals surface area contributed by atoms with E-state index in [0.717, 1.165) is 11.1 Å². The molecule has 5 rings (SSSR count). The number of carboxylic acids is 1. The second-order valence-corrected chi connectivity index (χ2v) is 10.5. The highest BCUT2D eigenvalue weighted by Gasteiger charge is 2.72. The molecule has 36 heavy (non-hydrogen) atoms. The molecule has 1 aromatic carbocycles. The normalized spacial score (nSPS) is 30.7. The number of likely N-dealkylation sites (tertiary alicyclic amines) is 1. The van der Waals surface area contributed by atoms with Crippen LogP contribution in [0.25, 0.3) is 0 Å². The van der Waals surface area contributed by atoms with Crippen LogP contribution in [0.3, 0.4) is 0 Å². The van der Waals surface area contributed by atoms with Crippen LogP contribution in [0.2, 0.25) is 0 Å². The predicted octanol–water partition coefficient (Wildman–Crippen LogP) is 1.04. The van der Waals surface area contributed by atoms with Gasteiger partial charge >= 0.3 is 17.9 Å². The fraction of sp³-hybridized carbons (Fsp3) is 0.577. The average Bonchev–Trinajstić information content (AvgIpc) is 3.18. The molecule has 0 aromatic heterocycles. The fourth-order valence-electron chi connectivity index (χ4n) is 6.42. The second kappa shape index (κ2) is 8.57. The molecule has 2 unspecified atom stereocenters. The number of ether oxygens (including phenoxy) is 3. The minimum absolute atomic E-state index is 0.150. The summed E-state index contributed by atoms with van der Waals surface area (Å²) in [5, 5.41) is 31.4. The van der Waals surface area contributed by atoms with Crippen LogP contribution < -0.4 is 4.74 Å². The van der Waals surface area contributed by atoms with Crippen molar-refractivity contribution in [1.82, 2.24) is 4.90 Å². The average molecular weight is 502 g/mol. The van der Waals surface area contributed by atoms with E-state index in [1.165, 1.54) is 0 Å². The highest BCUT2D eigenvalue weighted by atomic mass is 16.6. The Morgan fingerprint density at radius 2 is 2.00 bits per heavy atom. The van der Waals surface area contributed by atoms with Gasteiger partial charge in [0.25, 0.3) is 0 Å². The van der Waals surface area contributed by atoms with Gasteiger partial charge in [-0.1, -0.05) is 26.0 Å². The van der Waals surface area contributed by atoms with E-state index in [0.29, 0.717) is 30.7 Å². The summed E-state index contributed by atoms with van der Waals surface area (Å²) in [5.41, 5.74) is 0.350. The van der Waals surface area contributed by atoms with E-state index in [4.69, 9.17) is 14.2 Å². The Morgan fingerprint density at radius 1 is 1.25 bits per heavy atom. The number of piperidine rings is 1. The van der Waals surface area contributed by atoms with E-state index in [2.05, 4.69) is 4.90 Å². The number of aliphatic hydroxyl groups excluding tert-OH is 1. The number of carbonyl (C=O) groups excluding carboxylic acids is 2. The van der Waals surface area contributed by atoms with Gasteiger partial charge in [0.15, 0.2) is 6.10 Å². The molecule has 0 radical (unpaired) electrons. The maximum atomic E-state index is 13.1. The molecule has 194 valence electrons. The van der Waals surface area contributed by atoms with Gasteiger partial charge < -0.3 is 34.4 Å². The molecule has 2 bridgehead atoms. The third-order valence-corrected chi connectivity index (χ3v) is 8.20. The summed E-state index contributed by atoms with van der Waals surface area (Å²) in [6.07, 6.45) is -0.256. The quantitative estimate of drug-likeness (QED) is 0.464. The summed E-state index contributed by atoms with van der Waals surface area (Å²) in [6, 6.07) is 3.59. The van der Waals surface area contributed by atoms with Gasteiger partial charge in [-0.15, -0.1) is 0 Å². The van der Waals surface area contributed by atoms with E-state index < -0.39 is 53.5 Å². The number of nitrogens with zero attached hydrogens (tertiary/aromatic N) is 1. The number of carbonyl (C=O) groups is 3. The molecule has 0 amide bonds. The van der Waals surface area contributed by atoms with Gasteiger partial charge in [-0.05, 0) is 38.1 Å². The summed E-state index contributed by atoms with van der Waals surface area (Å²) < 4.78 is 17.2. The Bertz CT molecular complexity index is 1160. The topological polar surface area (TPSA) is 143 Å². The van der Waals surface area contributed by atoms with E-state index >= 15 is 0 Å². The summed E-state index contributed by atoms with van der Waals surface area (Å²) in [4.78, 5) is 38.7. The van der Waals surface area contributed by atoms with Crippen LogP contribution in [0.4, 0.5) is 0 Å². The number of aliphatic hydroxyl groups is 2. The first kappa shape index (κ1) is 24.7. The molecule has 10 nitrogen and oxygen atoms in total. The monoisotopic (exact) mass is 501 g/mol.